The van der Waals surface area contributed by atoms with Crippen molar-refractivity contribution < 1.29 is 36.3 Å². The van der Waals surface area contributed by atoms with Gasteiger partial charge in [-0.2, -0.15) is 13.2 Å². The van der Waals surface area contributed by atoms with Crippen molar-refractivity contribution in [2.45, 2.75) is 37.3 Å². The van der Waals surface area contributed by atoms with Crippen LogP contribution in [0.15, 0.2) is 65.6 Å². The molecule has 0 unspecified atom stereocenters. The van der Waals surface area contributed by atoms with Gasteiger partial charge < -0.3 is 5.11 Å². The third kappa shape index (κ3) is 4.56. The number of fused-ring (bicyclic) bond motifs is 1. The molecule has 188 valence electrons. The number of nitrogens with zero attached hydrogens (tertiary/aromatic N) is 1. The topological polar surface area (TPSA) is 93.4 Å². The van der Waals surface area contributed by atoms with Crippen LogP contribution < -0.4 is 0 Å². The predicted molar refractivity (Wildman–Crippen MR) is 129 cm³/mol. The quantitative estimate of drug-likeness (QED) is 0.308. The van der Waals surface area contributed by atoms with Gasteiger partial charge in [-0.15, -0.1) is 11.3 Å². The van der Waals surface area contributed by atoms with E-state index in [2.05, 4.69) is 0 Å². The van der Waals surface area contributed by atoms with Crippen LogP contribution in [-0.2, 0) is 21.6 Å². The number of halogens is 3. The molecule has 2 aromatic carbocycles. The number of thiophene rings is 1. The summed E-state index contributed by atoms with van der Waals surface area (Å²) in [5, 5.41) is 9.09. The van der Waals surface area contributed by atoms with Crippen LogP contribution in [0.5, 0.6) is 0 Å². The van der Waals surface area contributed by atoms with Crippen molar-refractivity contribution in [1.82, 2.24) is 3.97 Å². The third-order valence-electron chi connectivity index (χ3n) is 5.60. The van der Waals surface area contributed by atoms with E-state index < -0.39 is 44.6 Å². The molecule has 0 aliphatic carbocycles. The summed E-state index contributed by atoms with van der Waals surface area (Å²) in [6.45, 7) is 5.69. The number of benzene rings is 2. The molecular weight excluding hydrogens is 515 g/mol. The lowest BCUT2D eigenvalue weighted by Crippen LogP contribution is -2.20. The maximum atomic E-state index is 13.8. The largest absolute Gasteiger partial charge is 0.477 e. The van der Waals surface area contributed by atoms with Gasteiger partial charge in [-0.3, -0.25) is 4.79 Å². The van der Waals surface area contributed by atoms with E-state index in [-0.39, 0.29) is 25.6 Å². The standard InChI is InChI=1S/C25H20F3NO5S2/c1-24(2,3)15-5-4-6-17(13-15)36(33,34)29-18-8-7-16(25(26,27)28)11-14(18)12-19(29)22(30)20-9-10-21(35-20)23(31)32/h4-13H,1-3H3,(H,31,32). The van der Waals surface area contributed by atoms with E-state index in [1.54, 1.807) is 12.1 Å². The lowest BCUT2D eigenvalue weighted by molar-refractivity contribution is -0.137. The van der Waals surface area contributed by atoms with Crippen molar-refractivity contribution in [3.8, 4) is 0 Å². The van der Waals surface area contributed by atoms with E-state index in [0.717, 1.165) is 28.2 Å². The van der Waals surface area contributed by atoms with Crippen LogP contribution >= 0.6 is 11.3 Å². The molecular formula is C25H20F3NO5S2. The minimum Gasteiger partial charge on any atom is -0.477 e. The molecule has 0 aliphatic rings. The fourth-order valence-corrected chi connectivity index (χ4v) is 6.06. The second-order valence-corrected chi connectivity index (χ2v) is 12.0. The Morgan fingerprint density at radius 1 is 0.889 bits per heavy atom. The maximum Gasteiger partial charge on any atom is 0.416 e. The molecule has 0 saturated heterocycles. The first-order chi connectivity index (χ1) is 16.6. The van der Waals surface area contributed by atoms with E-state index in [0.29, 0.717) is 16.9 Å². The summed E-state index contributed by atoms with van der Waals surface area (Å²) in [5.74, 6) is -2.09. The van der Waals surface area contributed by atoms with Gasteiger partial charge in [0.25, 0.3) is 10.0 Å². The van der Waals surface area contributed by atoms with Gasteiger partial charge in [0.1, 0.15) is 10.6 Å². The number of aromatic nitrogens is 1. The third-order valence-corrected chi connectivity index (χ3v) is 8.39. The molecule has 36 heavy (non-hydrogen) atoms. The van der Waals surface area contributed by atoms with Crippen LogP contribution in [0.25, 0.3) is 10.9 Å². The van der Waals surface area contributed by atoms with Crippen molar-refractivity contribution in [1.29, 1.82) is 0 Å². The zero-order valence-electron chi connectivity index (χ0n) is 19.3. The van der Waals surface area contributed by atoms with Crippen LogP contribution in [-0.4, -0.2) is 29.2 Å². The number of ketones is 1. The molecule has 11 heteroatoms. The Balaban J connectivity index is 1.99. The van der Waals surface area contributed by atoms with E-state index in [4.69, 9.17) is 0 Å². The molecule has 4 rings (SSSR count). The van der Waals surface area contributed by atoms with Gasteiger partial charge in [-0.1, -0.05) is 32.9 Å². The second-order valence-electron chi connectivity index (χ2n) is 9.15. The van der Waals surface area contributed by atoms with Crippen molar-refractivity contribution in [3.05, 3.63) is 87.2 Å². The van der Waals surface area contributed by atoms with E-state index in [1.165, 1.54) is 24.3 Å². The fourth-order valence-electron chi connectivity index (χ4n) is 3.71. The number of aromatic carboxylic acids is 1. The predicted octanol–water partition coefficient (Wildman–Crippen LogP) is 6.19. The molecule has 1 N–H and O–H groups in total. The van der Waals surface area contributed by atoms with Crippen molar-refractivity contribution in [3.63, 3.8) is 0 Å². The molecule has 0 spiro atoms. The Kier molecular flexibility index (Phi) is 6.12. The molecule has 0 radical (unpaired) electrons. The van der Waals surface area contributed by atoms with Crippen molar-refractivity contribution in [2.75, 3.05) is 0 Å². The minimum atomic E-state index is -4.68. The van der Waals surface area contributed by atoms with Crippen LogP contribution in [0.4, 0.5) is 13.2 Å². The molecule has 0 atom stereocenters. The first kappa shape index (κ1) is 25.6. The van der Waals surface area contributed by atoms with Gasteiger partial charge in [0, 0.05) is 5.39 Å². The Labute approximate surface area is 208 Å². The second kappa shape index (κ2) is 8.59. The number of carbonyl (C=O) groups excluding carboxylic acids is 1. The number of hydrogen-bond donors (Lipinski definition) is 1. The van der Waals surface area contributed by atoms with E-state index in [9.17, 15) is 36.3 Å². The SMILES string of the molecule is CC(C)(C)c1cccc(S(=O)(=O)n2c(C(=O)c3ccc(C(=O)O)s3)cc3cc(C(F)(F)F)ccc32)c1. The van der Waals surface area contributed by atoms with E-state index in [1.807, 2.05) is 20.8 Å². The average molecular weight is 536 g/mol. The summed E-state index contributed by atoms with van der Waals surface area (Å²) in [6.07, 6.45) is -4.68. The molecule has 6 nitrogen and oxygen atoms in total. The molecule has 2 heterocycles. The summed E-state index contributed by atoms with van der Waals surface area (Å²) >= 11 is 0.645. The van der Waals surface area contributed by atoms with Gasteiger partial charge in [0.15, 0.2) is 0 Å². The highest BCUT2D eigenvalue weighted by Gasteiger charge is 2.33. The number of alkyl halides is 3. The molecule has 0 amide bonds. The lowest BCUT2D eigenvalue weighted by atomic mass is 9.87. The van der Waals surface area contributed by atoms with Gasteiger partial charge in [0.05, 0.1) is 20.9 Å². The average Bonchev–Trinajstić information content (AvgIpc) is 3.43. The number of carboxylic acid groups (broad SMARTS) is 1. The summed E-state index contributed by atoms with van der Waals surface area (Å²) in [4.78, 5) is 24.3. The van der Waals surface area contributed by atoms with Crippen LogP contribution in [0, 0.1) is 0 Å². The summed E-state index contributed by atoms with van der Waals surface area (Å²) in [6, 6.07) is 12.2. The summed E-state index contributed by atoms with van der Waals surface area (Å²) in [7, 11) is -4.44. The van der Waals surface area contributed by atoms with Crippen LogP contribution in [0.1, 0.15) is 56.9 Å². The number of rotatable bonds is 5. The summed E-state index contributed by atoms with van der Waals surface area (Å²) in [5.41, 5.74) is -1.19. The Morgan fingerprint density at radius 3 is 2.14 bits per heavy atom. The molecule has 0 saturated carbocycles. The van der Waals surface area contributed by atoms with Crippen LogP contribution in [0.3, 0.4) is 0 Å². The number of carboxylic acids is 1. The smallest absolute Gasteiger partial charge is 0.416 e. The number of carbonyl (C=O) groups is 2. The van der Waals surface area contributed by atoms with Crippen molar-refractivity contribution in [2.24, 2.45) is 0 Å². The van der Waals surface area contributed by atoms with Gasteiger partial charge in [0.2, 0.25) is 5.78 Å². The molecule has 0 bridgehead atoms. The highest BCUT2D eigenvalue weighted by Crippen LogP contribution is 2.35. The molecule has 0 fully saturated rings. The highest BCUT2D eigenvalue weighted by molar-refractivity contribution is 7.90. The van der Waals surface area contributed by atoms with Crippen molar-refractivity contribution >= 4 is 44.0 Å². The Hall–Kier alpha value is -3.44. The van der Waals surface area contributed by atoms with Gasteiger partial charge in [-0.05, 0) is 59.5 Å². The van der Waals surface area contributed by atoms with Crippen LogP contribution in [0.2, 0.25) is 0 Å². The number of hydrogen-bond acceptors (Lipinski definition) is 5. The first-order valence-electron chi connectivity index (χ1n) is 10.6. The van der Waals surface area contributed by atoms with Gasteiger partial charge in [-0.25, -0.2) is 17.2 Å². The van der Waals surface area contributed by atoms with Gasteiger partial charge >= 0.3 is 12.1 Å². The highest BCUT2D eigenvalue weighted by atomic mass is 32.2. The molecule has 0 aliphatic heterocycles. The maximum absolute atomic E-state index is 13.8. The fraction of sp³-hybridized carbons (Fsp3) is 0.200. The molecule has 4 aromatic rings. The Bertz CT molecular complexity index is 1620. The zero-order valence-corrected chi connectivity index (χ0v) is 20.9. The van der Waals surface area contributed by atoms with E-state index >= 15 is 0 Å². The lowest BCUT2D eigenvalue weighted by Gasteiger charge is -2.20. The summed E-state index contributed by atoms with van der Waals surface area (Å²) < 4.78 is 68.4. The first-order valence-corrected chi connectivity index (χ1v) is 12.8. The normalized spacial score (nSPS) is 12.7. The minimum absolute atomic E-state index is 0.0638. The Morgan fingerprint density at radius 2 is 1.56 bits per heavy atom. The molecule has 2 aromatic heterocycles. The monoisotopic (exact) mass is 535 g/mol. The zero-order chi connectivity index (χ0) is 26.6.